The maximum absolute atomic E-state index is 12.5. The van der Waals surface area contributed by atoms with Crippen LogP contribution in [0.25, 0.3) is 11.3 Å². The van der Waals surface area contributed by atoms with Gasteiger partial charge >= 0.3 is 0 Å². The maximum atomic E-state index is 12.5. The van der Waals surface area contributed by atoms with Crippen LogP contribution in [0.5, 0.6) is 5.75 Å². The number of aliphatic hydroxyl groups excluding tert-OH is 1. The fourth-order valence-electron chi connectivity index (χ4n) is 2.80. The van der Waals surface area contributed by atoms with Gasteiger partial charge in [0.05, 0.1) is 17.8 Å². The van der Waals surface area contributed by atoms with E-state index < -0.39 is 16.1 Å². The molecule has 4 rings (SSSR count). The number of sulfonamides is 1. The summed E-state index contributed by atoms with van der Waals surface area (Å²) < 4.78 is 38.2. The van der Waals surface area contributed by atoms with E-state index in [2.05, 4.69) is 4.72 Å². The van der Waals surface area contributed by atoms with Crippen LogP contribution in [0.4, 0.5) is 0 Å². The lowest BCUT2D eigenvalue weighted by Crippen LogP contribution is -2.28. The molecule has 136 valence electrons. The van der Waals surface area contributed by atoms with Gasteiger partial charge in [-0.15, -0.1) is 11.3 Å². The van der Waals surface area contributed by atoms with Gasteiger partial charge in [0, 0.05) is 28.8 Å². The first kappa shape index (κ1) is 17.3. The number of benzene rings is 1. The van der Waals surface area contributed by atoms with E-state index >= 15 is 0 Å². The van der Waals surface area contributed by atoms with E-state index in [1.807, 2.05) is 11.4 Å². The van der Waals surface area contributed by atoms with Crippen LogP contribution >= 0.6 is 11.3 Å². The Balaban J connectivity index is 1.44. The molecule has 0 saturated heterocycles. The fraction of sp³-hybridized carbons (Fsp3) is 0.222. The summed E-state index contributed by atoms with van der Waals surface area (Å²) in [4.78, 5) is 0.845. The standard InChI is InChI=1S/C18H17NO5S2/c20-15(18-9-13(11-25-18)16-2-1-6-23-16)10-19-26(21,22)14-3-4-17-12(8-14)5-7-24-17/h1-4,6,8-9,11,15,19-20H,5,7,10H2. The molecule has 0 fully saturated rings. The first-order valence-electron chi connectivity index (χ1n) is 8.09. The van der Waals surface area contributed by atoms with Crippen molar-refractivity contribution in [1.29, 1.82) is 0 Å². The molecule has 1 aliphatic heterocycles. The quantitative estimate of drug-likeness (QED) is 0.674. The highest BCUT2D eigenvalue weighted by Gasteiger charge is 2.21. The van der Waals surface area contributed by atoms with Crippen molar-refractivity contribution in [1.82, 2.24) is 4.72 Å². The van der Waals surface area contributed by atoms with Crippen LogP contribution < -0.4 is 9.46 Å². The van der Waals surface area contributed by atoms with E-state index in [1.54, 1.807) is 30.5 Å². The van der Waals surface area contributed by atoms with E-state index in [0.29, 0.717) is 23.7 Å². The minimum atomic E-state index is -3.70. The summed E-state index contributed by atoms with van der Waals surface area (Å²) in [5.74, 6) is 1.44. The molecule has 3 heterocycles. The molecule has 1 unspecified atom stereocenters. The highest BCUT2D eigenvalue weighted by molar-refractivity contribution is 7.89. The highest BCUT2D eigenvalue weighted by atomic mass is 32.2. The Hall–Kier alpha value is -2.13. The number of nitrogens with one attached hydrogen (secondary N) is 1. The van der Waals surface area contributed by atoms with Gasteiger partial charge in [-0.05, 0) is 42.0 Å². The summed E-state index contributed by atoms with van der Waals surface area (Å²) in [6.07, 6.45) is 1.35. The molecule has 0 bridgehead atoms. The molecule has 2 aromatic heterocycles. The topological polar surface area (TPSA) is 88.8 Å². The molecule has 1 aromatic carbocycles. The maximum Gasteiger partial charge on any atom is 0.240 e. The zero-order valence-electron chi connectivity index (χ0n) is 13.7. The fourth-order valence-corrected chi connectivity index (χ4v) is 4.77. The van der Waals surface area contributed by atoms with Crippen molar-refractivity contribution in [3.05, 3.63) is 58.5 Å². The van der Waals surface area contributed by atoms with Gasteiger partial charge in [-0.2, -0.15) is 0 Å². The van der Waals surface area contributed by atoms with Crippen molar-refractivity contribution in [2.75, 3.05) is 13.2 Å². The molecule has 2 N–H and O–H groups in total. The van der Waals surface area contributed by atoms with Crippen LogP contribution in [0.1, 0.15) is 16.5 Å². The van der Waals surface area contributed by atoms with Gasteiger partial charge in [-0.25, -0.2) is 13.1 Å². The number of thiophene rings is 1. The average Bonchev–Trinajstić information content (AvgIpc) is 3.39. The lowest BCUT2D eigenvalue weighted by atomic mass is 10.2. The Morgan fingerprint density at radius 3 is 2.96 bits per heavy atom. The lowest BCUT2D eigenvalue weighted by molar-refractivity contribution is 0.186. The van der Waals surface area contributed by atoms with Crippen LogP contribution in [0, 0.1) is 0 Å². The van der Waals surface area contributed by atoms with Crippen molar-refractivity contribution in [2.24, 2.45) is 0 Å². The van der Waals surface area contributed by atoms with Crippen molar-refractivity contribution < 1.29 is 22.7 Å². The summed E-state index contributed by atoms with van der Waals surface area (Å²) in [5.41, 5.74) is 1.74. The molecule has 6 nitrogen and oxygen atoms in total. The molecular weight excluding hydrogens is 374 g/mol. The monoisotopic (exact) mass is 391 g/mol. The zero-order valence-corrected chi connectivity index (χ0v) is 15.3. The molecule has 0 spiro atoms. The summed E-state index contributed by atoms with van der Waals surface area (Å²) in [5, 5.41) is 12.2. The van der Waals surface area contributed by atoms with Gasteiger partial charge in [0.1, 0.15) is 17.6 Å². The van der Waals surface area contributed by atoms with Crippen molar-refractivity contribution >= 4 is 21.4 Å². The van der Waals surface area contributed by atoms with Crippen LogP contribution in [0.15, 0.2) is 57.4 Å². The van der Waals surface area contributed by atoms with Gasteiger partial charge in [-0.1, -0.05) is 0 Å². The first-order valence-corrected chi connectivity index (χ1v) is 10.4. The molecule has 1 aliphatic rings. The molecule has 3 aromatic rings. The number of hydrogen-bond donors (Lipinski definition) is 2. The summed E-state index contributed by atoms with van der Waals surface area (Å²) in [7, 11) is -3.70. The Bertz CT molecular complexity index is 1010. The molecular formula is C18H17NO5S2. The Labute approximate surface area is 155 Å². The predicted molar refractivity (Wildman–Crippen MR) is 97.8 cm³/mol. The second-order valence-corrected chi connectivity index (χ2v) is 8.66. The third-order valence-corrected chi connectivity index (χ3v) is 6.65. The summed E-state index contributed by atoms with van der Waals surface area (Å²) >= 11 is 1.36. The first-order chi connectivity index (χ1) is 12.5. The lowest BCUT2D eigenvalue weighted by Gasteiger charge is -2.11. The summed E-state index contributed by atoms with van der Waals surface area (Å²) in [6.45, 7) is 0.468. The van der Waals surface area contributed by atoms with Crippen molar-refractivity contribution in [3.63, 3.8) is 0 Å². The number of rotatable bonds is 6. The van der Waals surface area contributed by atoms with E-state index in [9.17, 15) is 13.5 Å². The number of hydrogen-bond acceptors (Lipinski definition) is 6. The van der Waals surface area contributed by atoms with Crippen molar-refractivity contribution in [2.45, 2.75) is 17.4 Å². The Kier molecular flexibility index (Phi) is 4.58. The number of aliphatic hydroxyl groups is 1. The van der Waals surface area contributed by atoms with Gasteiger partial charge in [-0.3, -0.25) is 0 Å². The number of ether oxygens (including phenoxy) is 1. The average molecular weight is 391 g/mol. The van der Waals surface area contributed by atoms with E-state index in [4.69, 9.17) is 9.15 Å². The third-order valence-electron chi connectivity index (χ3n) is 4.19. The van der Waals surface area contributed by atoms with Crippen LogP contribution in [-0.2, 0) is 16.4 Å². The molecule has 0 saturated carbocycles. The minimum absolute atomic E-state index is 0.103. The number of fused-ring (bicyclic) bond motifs is 1. The van der Waals surface area contributed by atoms with Crippen LogP contribution in [0.3, 0.4) is 0 Å². The third kappa shape index (κ3) is 3.41. The van der Waals surface area contributed by atoms with Crippen molar-refractivity contribution in [3.8, 4) is 17.1 Å². The normalized spacial score (nSPS) is 14.8. The van der Waals surface area contributed by atoms with Crippen LogP contribution in [-0.4, -0.2) is 26.7 Å². The van der Waals surface area contributed by atoms with E-state index in [-0.39, 0.29) is 11.4 Å². The van der Waals surface area contributed by atoms with Gasteiger partial charge in [0.25, 0.3) is 0 Å². The van der Waals surface area contributed by atoms with Gasteiger partial charge in [0.15, 0.2) is 0 Å². The van der Waals surface area contributed by atoms with Crippen LogP contribution in [0.2, 0.25) is 0 Å². The van der Waals surface area contributed by atoms with E-state index in [1.165, 1.54) is 17.4 Å². The highest BCUT2D eigenvalue weighted by Crippen LogP contribution is 2.30. The number of furan rings is 1. The van der Waals surface area contributed by atoms with E-state index in [0.717, 1.165) is 16.9 Å². The summed E-state index contributed by atoms with van der Waals surface area (Å²) in [6, 6.07) is 10.2. The second kappa shape index (κ2) is 6.88. The molecule has 0 aliphatic carbocycles. The van der Waals surface area contributed by atoms with Gasteiger partial charge < -0.3 is 14.3 Å². The predicted octanol–water partition coefficient (Wildman–Crippen LogP) is 2.95. The molecule has 1 atom stereocenters. The second-order valence-electron chi connectivity index (χ2n) is 5.95. The molecule has 0 radical (unpaired) electrons. The zero-order chi connectivity index (χ0) is 18.1. The SMILES string of the molecule is O=S(=O)(NCC(O)c1cc(-c2ccco2)cs1)c1ccc2c(c1)CCO2. The molecule has 8 heteroatoms. The molecule has 0 amide bonds. The van der Waals surface area contributed by atoms with Gasteiger partial charge in [0.2, 0.25) is 10.0 Å². The largest absolute Gasteiger partial charge is 0.493 e. The smallest absolute Gasteiger partial charge is 0.240 e. The Morgan fingerprint density at radius 2 is 2.15 bits per heavy atom. The molecule has 26 heavy (non-hydrogen) atoms. The Morgan fingerprint density at radius 1 is 1.27 bits per heavy atom. The minimum Gasteiger partial charge on any atom is -0.493 e.